The fourth-order valence-electron chi connectivity index (χ4n) is 1.77. The zero-order valence-corrected chi connectivity index (χ0v) is 13.7. The highest BCUT2D eigenvalue weighted by Gasteiger charge is 2.11. The number of rotatable bonds is 5. The minimum atomic E-state index is -0.308. The Morgan fingerprint density at radius 1 is 1.39 bits per heavy atom. The Labute approximate surface area is 140 Å². The highest BCUT2D eigenvalue weighted by atomic mass is 32.2. The van der Waals surface area contributed by atoms with Crippen molar-refractivity contribution in [3.05, 3.63) is 47.4 Å². The molecule has 23 heavy (non-hydrogen) atoms. The first-order valence-corrected chi connectivity index (χ1v) is 8.53. The summed E-state index contributed by atoms with van der Waals surface area (Å²) in [4.78, 5) is 20.1. The third kappa shape index (κ3) is 4.17. The van der Waals surface area contributed by atoms with Gasteiger partial charge < -0.3 is 9.73 Å². The molecule has 0 aliphatic heterocycles. The lowest BCUT2D eigenvalue weighted by molar-refractivity contribution is -0.113. The van der Waals surface area contributed by atoms with Gasteiger partial charge in [-0.25, -0.2) is 14.4 Å². The molecule has 3 aromatic rings. The first-order valence-electron chi connectivity index (χ1n) is 6.67. The van der Waals surface area contributed by atoms with E-state index in [1.807, 2.05) is 12.3 Å². The van der Waals surface area contributed by atoms with Gasteiger partial charge in [0.2, 0.25) is 5.91 Å². The molecule has 0 unspecified atom stereocenters. The molecule has 0 radical (unpaired) electrons. The molecule has 1 aromatic carbocycles. The maximum Gasteiger partial charge on any atom is 0.256 e. The maximum atomic E-state index is 12.9. The third-order valence-electron chi connectivity index (χ3n) is 2.81. The van der Waals surface area contributed by atoms with Crippen molar-refractivity contribution in [1.82, 2.24) is 9.97 Å². The number of carbonyl (C=O) groups is 1. The average molecular weight is 349 g/mol. The largest absolute Gasteiger partial charge is 0.431 e. The summed E-state index contributed by atoms with van der Waals surface area (Å²) in [6, 6.07) is 5.94. The monoisotopic (exact) mass is 349 g/mol. The van der Waals surface area contributed by atoms with Crippen LogP contribution in [0.5, 0.6) is 0 Å². The number of thioether (sulfide) groups is 1. The molecule has 3 rings (SSSR count). The molecule has 0 bridgehead atoms. The quantitative estimate of drug-likeness (QED) is 0.706. The van der Waals surface area contributed by atoms with E-state index in [4.69, 9.17) is 4.42 Å². The molecule has 0 fully saturated rings. The Hall–Kier alpha value is -2.19. The van der Waals surface area contributed by atoms with Gasteiger partial charge in [-0.15, -0.1) is 11.3 Å². The lowest BCUT2D eigenvalue weighted by atomic mass is 10.2. The Bertz CT molecular complexity index is 814. The van der Waals surface area contributed by atoms with Gasteiger partial charge >= 0.3 is 0 Å². The molecule has 1 N–H and O–H groups in total. The molecule has 0 saturated heterocycles. The van der Waals surface area contributed by atoms with Crippen LogP contribution in [0, 0.1) is 12.7 Å². The SMILES string of the molecule is Cc1csc(NC(=O)CSc2ncc(-c3ccc(F)cc3)o2)n1. The molecule has 5 nitrogen and oxygen atoms in total. The highest BCUT2D eigenvalue weighted by Crippen LogP contribution is 2.25. The maximum absolute atomic E-state index is 12.9. The van der Waals surface area contributed by atoms with Crippen LogP contribution in [-0.4, -0.2) is 21.6 Å². The number of benzene rings is 1. The number of oxazole rings is 1. The molecule has 0 atom stereocenters. The number of amides is 1. The van der Waals surface area contributed by atoms with Crippen LogP contribution in [0.2, 0.25) is 0 Å². The smallest absolute Gasteiger partial charge is 0.256 e. The first-order chi connectivity index (χ1) is 11.1. The van der Waals surface area contributed by atoms with Crippen LogP contribution in [0.4, 0.5) is 9.52 Å². The van der Waals surface area contributed by atoms with Crippen LogP contribution < -0.4 is 5.32 Å². The van der Waals surface area contributed by atoms with Gasteiger partial charge in [0.05, 0.1) is 17.6 Å². The summed E-state index contributed by atoms with van der Waals surface area (Å²) in [5.41, 5.74) is 1.60. The normalized spacial score (nSPS) is 10.7. The summed E-state index contributed by atoms with van der Waals surface area (Å²) >= 11 is 2.57. The summed E-state index contributed by atoms with van der Waals surface area (Å²) in [7, 11) is 0. The van der Waals surface area contributed by atoms with E-state index >= 15 is 0 Å². The number of carbonyl (C=O) groups excluding carboxylic acids is 1. The van der Waals surface area contributed by atoms with Gasteiger partial charge in [-0.3, -0.25) is 4.79 Å². The van der Waals surface area contributed by atoms with Crippen LogP contribution in [-0.2, 0) is 4.79 Å². The van der Waals surface area contributed by atoms with E-state index in [2.05, 4.69) is 15.3 Å². The second-order valence-electron chi connectivity index (χ2n) is 4.63. The van der Waals surface area contributed by atoms with Crippen molar-refractivity contribution in [3.63, 3.8) is 0 Å². The Morgan fingerprint density at radius 2 is 2.17 bits per heavy atom. The summed E-state index contributed by atoms with van der Waals surface area (Å²) in [6.45, 7) is 1.87. The van der Waals surface area contributed by atoms with Crippen LogP contribution in [0.3, 0.4) is 0 Å². The Kier molecular flexibility index (Phi) is 4.73. The van der Waals surface area contributed by atoms with Gasteiger partial charge in [-0.05, 0) is 31.2 Å². The average Bonchev–Trinajstić information content (AvgIpc) is 3.15. The molecule has 2 heterocycles. The topological polar surface area (TPSA) is 68.0 Å². The molecule has 0 saturated carbocycles. The molecular formula is C15H12FN3O2S2. The van der Waals surface area contributed by atoms with E-state index in [0.717, 1.165) is 11.3 Å². The van der Waals surface area contributed by atoms with E-state index in [-0.39, 0.29) is 17.5 Å². The molecule has 0 aliphatic carbocycles. The first kappa shape index (κ1) is 15.7. The predicted octanol–water partition coefficient (Wildman–Crippen LogP) is 3.98. The number of aromatic nitrogens is 2. The highest BCUT2D eigenvalue weighted by molar-refractivity contribution is 7.99. The molecular weight excluding hydrogens is 337 g/mol. The standard InChI is InChI=1S/C15H12FN3O2S2/c1-9-7-22-14(18-9)19-13(20)8-23-15-17-6-12(21-15)10-2-4-11(16)5-3-10/h2-7H,8H2,1H3,(H,18,19,20). The molecule has 118 valence electrons. The fourth-order valence-corrected chi connectivity index (χ4v) is 3.07. The van der Waals surface area contributed by atoms with Gasteiger partial charge in [-0.2, -0.15) is 0 Å². The minimum absolute atomic E-state index is 0.169. The van der Waals surface area contributed by atoms with E-state index in [1.54, 1.807) is 18.3 Å². The van der Waals surface area contributed by atoms with Crippen molar-refractivity contribution in [3.8, 4) is 11.3 Å². The minimum Gasteiger partial charge on any atom is -0.431 e. The second-order valence-corrected chi connectivity index (χ2v) is 6.41. The van der Waals surface area contributed by atoms with Crippen LogP contribution in [0.1, 0.15) is 5.69 Å². The van der Waals surface area contributed by atoms with Crippen molar-refractivity contribution in [2.75, 3.05) is 11.1 Å². The number of hydrogen-bond donors (Lipinski definition) is 1. The number of anilines is 1. The summed E-state index contributed by atoms with van der Waals surface area (Å²) in [6.07, 6.45) is 1.55. The van der Waals surface area contributed by atoms with E-state index < -0.39 is 0 Å². The van der Waals surface area contributed by atoms with Gasteiger partial charge in [0.25, 0.3) is 5.22 Å². The van der Waals surface area contributed by atoms with Crippen LogP contribution >= 0.6 is 23.1 Å². The Morgan fingerprint density at radius 3 is 2.87 bits per heavy atom. The van der Waals surface area contributed by atoms with Crippen molar-refractivity contribution in [2.24, 2.45) is 0 Å². The van der Waals surface area contributed by atoms with Crippen molar-refractivity contribution in [2.45, 2.75) is 12.1 Å². The number of thiazole rings is 1. The fraction of sp³-hybridized carbons (Fsp3) is 0.133. The zero-order chi connectivity index (χ0) is 16.2. The van der Waals surface area contributed by atoms with E-state index in [1.165, 1.54) is 35.2 Å². The molecule has 8 heteroatoms. The Balaban J connectivity index is 1.56. The number of hydrogen-bond acceptors (Lipinski definition) is 6. The molecule has 1 amide bonds. The zero-order valence-electron chi connectivity index (χ0n) is 12.1. The van der Waals surface area contributed by atoms with Gasteiger partial charge in [0, 0.05) is 10.9 Å². The number of nitrogens with one attached hydrogen (secondary N) is 1. The molecule has 0 aliphatic rings. The van der Waals surface area contributed by atoms with Gasteiger partial charge in [0.15, 0.2) is 10.9 Å². The van der Waals surface area contributed by atoms with Crippen molar-refractivity contribution >= 4 is 34.1 Å². The second kappa shape index (κ2) is 6.93. The van der Waals surface area contributed by atoms with E-state index in [0.29, 0.717) is 16.1 Å². The summed E-state index contributed by atoms with van der Waals surface area (Å²) < 4.78 is 18.4. The van der Waals surface area contributed by atoms with Crippen LogP contribution in [0.15, 0.2) is 45.5 Å². The van der Waals surface area contributed by atoms with Gasteiger partial charge in [0.1, 0.15) is 5.82 Å². The molecule has 0 spiro atoms. The molecule has 2 aromatic heterocycles. The van der Waals surface area contributed by atoms with E-state index in [9.17, 15) is 9.18 Å². The number of nitrogens with zero attached hydrogens (tertiary/aromatic N) is 2. The third-order valence-corrected chi connectivity index (χ3v) is 4.52. The lowest BCUT2D eigenvalue weighted by Crippen LogP contribution is -2.13. The predicted molar refractivity (Wildman–Crippen MR) is 88.1 cm³/mol. The number of aryl methyl sites for hydroxylation is 1. The lowest BCUT2D eigenvalue weighted by Gasteiger charge is -1.99. The van der Waals surface area contributed by atoms with Crippen molar-refractivity contribution in [1.29, 1.82) is 0 Å². The van der Waals surface area contributed by atoms with Crippen LogP contribution in [0.25, 0.3) is 11.3 Å². The number of halogens is 1. The van der Waals surface area contributed by atoms with Gasteiger partial charge in [-0.1, -0.05) is 11.8 Å². The van der Waals surface area contributed by atoms with Crippen molar-refractivity contribution < 1.29 is 13.6 Å². The summed E-state index contributed by atoms with van der Waals surface area (Å²) in [5.74, 6) is 0.216. The summed E-state index contributed by atoms with van der Waals surface area (Å²) in [5, 5.41) is 5.54.